The molecule has 0 bridgehead atoms. The zero-order chi connectivity index (χ0) is 17.1. The number of hydrogen-bond acceptors (Lipinski definition) is 3. The predicted molar refractivity (Wildman–Crippen MR) is 92.0 cm³/mol. The summed E-state index contributed by atoms with van der Waals surface area (Å²) in [5.74, 6) is -0.340. The summed E-state index contributed by atoms with van der Waals surface area (Å²) >= 11 is 12.0. The van der Waals surface area contributed by atoms with Crippen molar-refractivity contribution in [3.05, 3.63) is 68.2 Å². The maximum absolute atomic E-state index is 12.5. The Morgan fingerprint density at radius 3 is 2.17 bits per heavy atom. The van der Waals surface area contributed by atoms with Gasteiger partial charge in [-0.3, -0.25) is 4.79 Å². The smallest absolute Gasteiger partial charge is 0.206 e. The van der Waals surface area contributed by atoms with Crippen molar-refractivity contribution in [3.8, 4) is 11.8 Å². The molecule has 5 heteroatoms. The molecule has 3 nitrogen and oxygen atoms in total. The Bertz CT molecular complexity index is 821. The van der Waals surface area contributed by atoms with Gasteiger partial charge in [0.1, 0.15) is 17.4 Å². The van der Waals surface area contributed by atoms with Crippen LogP contribution in [0, 0.1) is 25.2 Å². The van der Waals surface area contributed by atoms with Gasteiger partial charge in [0.15, 0.2) is 0 Å². The van der Waals surface area contributed by atoms with Gasteiger partial charge < -0.3 is 5.11 Å². The molecule has 0 aliphatic rings. The number of rotatable bonds is 3. The number of carbonyl (C=O) groups is 1. The molecule has 2 aromatic rings. The molecule has 0 saturated carbocycles. The third kappa shape index (κ3) is 3.56. The van der Waals surface area contributed by atoms with Crippen molar-refractivity contribution in [1.29, 1.82) is 5.26 Å². The summed E-state index contributed by atoms with van der Waals surface area (Å²) in [6.45, 7) is 3.50. The fourth-order valence-electron chi connectivity index (χ4n) is 2.24. The van der Waals surface area contributed by atoms with Crippen molar-refractivity contribution in [2.24, 2.45) is 0 Å². The number of ketones is 1. The average molecular weight is 346 g/mol. The maximum Gasteiger partial charge on any atom is 0.206 e. The summed E-state index contributed by atoms with van der Waals surface area (Å²) in [7, 11) is 0. The second-order valence-corrected chi connectivity index (χ2v) is 5.91. The number of phenols is 1. The van der Waals surface area contributed by atoms with Crippen LogP contribution in [0.4, 0.5) is 0 Å². The summed E-state index contributed by atoms with van der Waals surface area (Å²) in [4.78, 5) is 12.5. The number of allylic oxidation sites excluding steroid dienone is 1. The number of Topliss-reactive ketones (excluding diaryl/α,β-unsaturated/α-hetero) is 1. The molecule has 23 heavy (non-hydrogen) atoms. The maximum atomic E-state index is 12.5. The van der Waals surface area contributed by atoms with E-state index in [0.29, 0.717) is 16.7 Å². The molecule has 2 rings (SSSR count). The largest absolute Gasteiger partial charge is 0.507 e. The standard InChI is InChI=1S/C18H13Cl2NO2/c1-10-6-12(7-11(2)17(10)22)8-13(9-21)18(23)16-14(19)4-3-5-15(16)20/h3-8,22H,1-2H3/b13-8+. The normalized spacial score (nSPS) is 11.2. The van der Waals surface area contributed by atoms with E-state index >= 15 is 0 Å². The lowest BCUT2D eigenvalue weighted by Crippen LogP contribution is -2.04. The highest BCUT2D eigenvalue weighted by molar-refractivity contribution is 6.41. The van der Waals surface area contributed by atoms with Crippen LogP contribution >= 0.6 is 23.2 Å². The van der Waals surface area contributed by atoms with E-state index in [9.17, 15) is 15.2 Å². The summed E-state index contributed by atoms with van der Waals surface area (Å²) in [6, 6.07) is 10.0. The first-order valence-electron chi connectivity index (χ1n) is 6.76. The fourth-order valence-corrected chi connectivity index (χ4v) is 2.81. The van der Waals surface area contributed by atoms with Gasteiger partial charge in [-0.25, -0.2) is 0 Å². The van der Waals surface area contributed by atoms with Gasteiger partial charge in [0, 0.05) is 0 Å². The number of phenolic OH excluding ortho intramolecular Hbond substituents is 1. The van der Waals surface area contributed by atoms with Gasteiger partial charge in [-0.1, -0.05) is 29.3 Å². The first kappa shape index (κ1) is 17.1. The van der Waals surface area contributed by atoms with E-state index in [4.69, 9.17) is 23.2 Å². The SMILES string of the molecule is Cc1cc(/C=C(\C#N)C(=O)c2c(Cl)cccc2Cl)cc(C)c1O. The van der Waals surface area contributed by atoms with Crippen LogP contribution in [0.25, 0.3) is 6.08 Å². The van der Waals surface area contributed by atoms with Crippen LogP contribution in [0.2, 0.25) is 10.0 Å². The van der Waals surface area contributed by atoms with Crippen LogP contribution in [0.5, 0.6) is 5.75 Å². The molecular formula is C18H13Cl2NO2. The van der Waals surface area contributed by atoms with Crippen molar-refractivity contribution >= 4 is 35.1 Å². The minimum absolute atomic E-state index is 0.0792. The molecule has 0 aromatic heterocycles. The highest BCUT2D eigenvalue weighted by Gasteiger charge is 2.19. The van der Waals surface area contributed by atoms with E-state index in [1.165, 1.54) is 6.08 Å². The monoisotopic (exact) mass is 345 g/mol. The number of aromatic hydroxyl groups is 1. The van der Waals surface area contributed by atoms with Crippen LogP contribution in [0.15, 0.2) is 35.9 Å². The minimum Gasteiger partial charge on any atom is -0.507 e. The Morgan fingerprint density at radius 1 is 1.17 bits per heavy atom. The molecular weight excluding hydrogens is 333 g/mol. The van der Waals surface area contributed by atoms with E-state index in [1.54, 1.807) is 44.2 Å². The second kappa shape index (κ2) is 6.87. The first-order valence-corrected chi connectivity index (χ1v) is 7.51. The topological polar surface area (TPSA) is 61.1 Å². The van der Waals surface area contributed by atoms with E-state index in [1.807, 2.05) is 6.07 Å². The molecule has 0 unspecified atom stereocenters. The third-order valence-corrected chi connectivity index (χ3v) is 4.01. The molecule has 2 aromatic carbocycles. The first-order chi connectivity index (χ1) is 10.8. The molecule has 0 aliphatic heterocycles. The Morgan fingerprint density at radius 2 is 1.70 bits per heavy atom. The van der Waals surface area contributed by atoms with Crippen LogP contribution in [0.3, 0.4) is 0 Å². The van der Waals surface area contributed by atoms with E-state index in [-0.39, 0.29) is 26.9 Å². The minimum atomic E-state index is -0.536. The summed E-state index contributed by atoms with van der Waals surface area (Å²) < 4.78 is 0. The van der Waals surface area contributed by atoms with Gasteiger partial charge in [-0.05, 0) is 60.9 Å². The number of aryl methyl sites for hydroxylation is 2. The van der Waals surface area contributed by atoms with Gasteiger partial charge in [0.05, 0.1) is 15.6 Å². The highest BCUT2D eigenvalue weighted by atomic mass is 35.5. The zero-order valence-electron chi connectivity index (χ0n) is 12.5. The molecule has 0 atom stereocenters. The van der Waals surface area contributed by atoms with Crippen molar-refractivity contribution in [2.45, 2.75) is 13.8 Å². The number of halogens is 2. The average Bonchev–Trinajstić information content (AvgIpc) is 2.49. The van der Waals surface area contributed by atoms with Gasteiger partial charge >= 0.3 is 0 Å². The number of hydrogen-bond donors (Lipinski definition) is 1. The summed E-state index contributed by atoms with van der Waals surface area (Å²) in [6.07, 6.45) is 1.46. The lowest BCUT2D eigenvalue weighted by molar-refractivity contribution is 0.104. The van der Waals surface area contributed by atoms with Crippen molar-refractivity contribution in [2.75, 3.05) is 0 Å². The molecule has 0 fully saturated rings. The van der Waals surface area contributed by atoms with Crippen molar-refractivity contribution in [3.63, 3.8) is 0 Å². The predicted octanol–water partition coefficient (Wildman–Crippen LogP) is 5.11. The van der Waals surface area contributed by atoms with Crippen molar-refractivity contribution in [1.82, 2.24) is 0 Å². The lowest BCUT2D eigenvalue weighted by Gasteiger charge is -2.07. The Labute approximate surface area is 144 Å². The van der Waals surface area contributed by atoms with Crippen molar-refractivity contribution < 1.29 is 9.90 Å². The Hall–Kier alpha value is -2.28. The zero-order valence-corrected chi connectivity index (χ0v) is 14.0. The molecule has 0 heterocycles. The number of carbonyl (C=O) groups excluding carboxylic acids is 1. The molecule has 1 N–H and O–H groups in total. The Kier molecular flexibility index (Phi) is 5.10. The number of nitriles is 1. The third-order valence-electron chi connectivity index (χ3n) is 3.38. The fraction of sp³-hybridized carbons (Fsp3) is 0.111. The lowest BCUT2D eigenvalue weighted by atomic mass is 9.99. The van der Waals surface area contributed by atoms with Gasteiger partial charge in [0.25, 0.3) is 0 Å². The molecule has 0 saturated heterocycles. The van der Waals surface area contributed by atoms with Crippen LogP contribution in [-0.2, 0) is 0 Å². The van der Waals surface area contributed by atoms with Gasteiger partial charge in [0.2, 0.25) is 5.78 Å². The molecule has 0 amide bonds. The van der Waals surface area contributed by atoms with E-state index < -0.39 is 5.78 Å². The van der Waals surface area contributed by atoms with Gasteiger partial charge in [-0.15, -0.1) is 0 Å². The van der Waals surface area contributed by atoms with E-state index in [0.717, 1.165) is 0 Å². The second-order valence-electron chi connectivity index (χ2n) is 5.10. The highest BCUT2D eigenvalue weighted by Crippen LogP contribution is 2.28. The van der Waals surface area contributed by atoms with E-state index in [2.05, 4.69) is 0 Å². The number of benzene rings is 2. The summed E-state index contributed by atoms with van der Waals surface area (Å²) in [5, 5.41) is 19.5. The van der Waals surface area contributed by atoms with Crippen LogP contribution < -0.4 is 0 Å². The molecule has 0 aliphatic carbocycles. The quantitative estimate of drug-likeness (QED) is 0.477. The molecule has 0 spiro atoms. The van der Waals surface area contributed by atoms with Gasteiger partial charge in [-0.2, -0.15) is 5.26 Å². The van der Waals surface area contributed by atoms with Crippen LogP contribution in [0.1, 0.15) is 27.0 Å². The number of nitrogens with zero attached hydrogens (tertiary/aromatic N) is 1. The molecule has 0 radical (unpaired) electrons. The summed E-state index contributed by atoms with van der Waals surface area (Å²) in [5.41, 5.74) is 2.00. The molecule has 116 valence electrons. The van der Waals surface area contributed by atoms with Crippen LogP contribution in [-0.4, -0.2) is 10.9 Å². The Balaban J connectivity index is 2.52.